The Labute approximate surface area is 142 Å². The molecule has 0 saturated heterocycles. The Balaban J connectivity index is 1.98. The summed E-state index contributed by atoms with van der Waals surface area (Å²) in [6.45, 7) is 3.60. The van der Waals surface area contributed by atoms with Gasteiger partial charge in [0.15, 0.2) is 0 Å². The molecule has 1 aliphatic rings. The minimum absolute atomic E-state index is 0.406. The number of hydrogen-bond donors (Lipinski definition) is 2. The van der Waals surface area contributed by atoms with Crippen LogP contribution in [0.1, 0.15) is 36.0 Å². The molecule has 0 bridgehead atoms. The molecule has 0 radical (unpaired) electrons. The van der Waals surface area contributed by atoms with Crippen molar-refractivity contribution in [1.82, 2.24) is 15.3 Å². The molecule has 1 atom stereocenters. The largest absolute Gasteiger partial charge is 0.351 e. The number of aromatic nitrogens is 2. The van der Waals surface area contributed by atoms with Crippen molar-refractivity contribution in [1.29, 1.82) is 0 Å². The van der Waals surface area contributed by atoms with Crippen molar-refractivity contribution in [3.63, 3.8) is 0 Å². The second-order valence-electron chi connectivity index (χ2n) is 5.58. The van der Waals surface area contributed by atoms with Crippen LogP contribution in [-0.4, -0.2) is 27.2 Å². The van der Waals surface area contributed by atoms with E-state index in [9.17, 15) is 9.59 Å². The second-order valence-corrected chi connectivity index (χ2v) is 7.99. The van der Waals surface area contributed by atoms with Gasteiger partial charge in [-0.15, -0.1) is 11.3 Å². The number of hydrogen-bond acceptors (Lipinski definition) is 6. The number of carbonyl (C=O) groups excluding carboxylic acids is 2. The Morgan fingerprint density at radius 3 is 2.78 bits per heavy atom. The minimum atomic E-state index is -0.834. The lowest BCUT2D eigenvalue weighted by atomic mass is 9.97. The highest BCUT2D eigenvalue weighted by Gasteiger charge is 2.24. The zero-order valence-electron chi connectivity index (χ0n) is 13.0. The predicted octanol–water partition coefficient (Wildman–Crippen LogP) is 2.55. The Kier molecular flexibility index (Phi) is 4.54. The van der Waals surface area contributed by atoms with E-state index in [0.717, 1.165) is 28.1 Å². The highest BCUT2D eigenvalue weighted by atomic mass is 32.2. The van der Waals surface area contributed by atoms with Crippen LogP contribution in [-0.2, 0) is 17.6 Å². The van der Waals surface area contributed by atoms with Crippen LogP contribution in [0.3, 0.4) is 0 Å². The van der Waals surface area contributed by atoms with Crippen LogP contribution in [0.4, 0.5) is 4.79 Å². The summed E-state index contributed by atoms with van der Waals surface area (Å²) in [4.78, 5) is 34.3. The van der Waals surface area contributed by atoms with Gasteiger partial charge in [-0.3, -0.25) is 10.1 Å². The van der Waals surface area contributed by atoms with Crippen molar-refractivity contribution in [3.8, 4) is 0 Å². The van der Waals surface area contributed by atoms with E-state index in [1.807, 2.05) is 6.92 Å². The van der Waals surface area contributed by atoms with Gasteiger partial charge < -0.3 is 5.73 Å². The van der Waals surface area contributed by atoms with Crippen LogP contribution in [0.5, 0.6) is 0 Å². The first-order valence-electron chi connectivity index (χ1n) is 7.51. The van der Waals surface area contributed by atoms with E-state index >= 15 is 0 Å². The number of nitrogens with two attached hydrogens (primary N) is 1. The van der Waals surface area contributed by atoms with Gasteiger partial charge in [0.2, 0.25) is 5.91 Å². The van der Waals surface area contributed by atoms with E-state index < -0.39 is 17.2 Å². The lowest BCUT2D eigenvalue weighted by Gasteiger charge is -2.13. The maximum Gasteiger partial charge on any atom is 0.318 e. The number of rotatable bonds is 3. The molecule has 0 fully saturated rings. The fourth-order valence-electron chi connectivity index (χ4n) is 2.75. The van der Waals surface area contributed by atoms with E-state index in [1.54, 1.807) is 18.3 Å². The van der Waals surface area contributed by atoms with E-state index in [4.69, 9.17) is 5.73 Å². The number of thiophene rings is 1. The smallest absolute Gasteiger partial charge is 0.318 e. The number of primary amides is 1. The fourth-order valence-corrected chi connectivity index (χ4v) is 5.15. The first-order chi connectivity index (χ1) is 11.0. The van der Waals surface area contributed by atoms with Crippen LogP contribution >= 0.6 is 23.1 Å². The minimum Gasteiger partial charge on any atom is -0.351 e. The first-order valence-corrected chi connectivity index (χ1v) is 9.21. The van der Waals surface area contributed by atoms with E-state index in [1.165, 1.54) is 35.0 Å². The number of amides is 3. The van der Waals surface area contributed by atoms with Gasteiger partial charge in [-0.25, -0.2) is 14.8 Å². The molecule has 23 heavy (non-hydrogen) atoms. The molecule has 0 spiro atoms. The molecule has 0 unspecified atom stereocenters. The molecule has 0 saturated carbocycles. The van der Waals surface area contributed by atoms with Gasteiger partial charge in [-0.05, 0) is 45.1 Å². The van der Waals surface area contributed by atoms with Crippen molar-refractivity contribution < 1.29 is 9.59 Å². The van der Waals surface area contributed by atoms with E-state index in [0.29, 0.717) is 5.82 Å². The second kappa shape index (κ2) is 6.45. The number of aryl methyl sites for hydroxylation is 3. The standard InChI is InChI=1S/C15H18N4O2S2/c1-7(12(20)19-15(16)21)22-13-11-9-5-3-4-6-10(9)23-14(11)18-8(2)17-13/h7H,3-6H2,1-2H3,(H3,16,19,20,21)/t7-/m0/s1. The van der Waals surface area contributed by atoms with Crippen molar-refractivity contribution in [2.45, 2.75) is 49.8 Å². The van der Waals surface area contributed by atoms with Crippen LogP contribution in [0.15, 0.2) is 5.03 Å². The van der Waals surface area contributed by atoms with E-state index in [-0.39, 0.29) is 0 Å². The quantitative estimate of drug-likeness (QED) is 0.655. The third-order valence-electron chi connectivity index (χ3n) is 3.80. The Morgan fingerprint density at radius 1 is 1.30 bits per heavy atom. The molecule has 122 valence electrons. The maximum atomic E-state index is 11.9. The maximum absolute atomic E-state index is 11.9. The molecule has 3 N–H and O–H groups in total. The SMILES string of the molecule is Cc1nc(S[C@@H](C)C(=O)NC(N)=O)c2c3c(sc2n1)CCCC3. The van der Waals surface area contributed by atoms with Crippen molar-refractivity contribution in [2.75, 3.05) is 0 Å². The number of urea groups is 1. The van der Waals surface area contributed by atoms with Crippen molar-refractivity contribution in [2.24, 2.45) is 5.73 Å². The zero-order valence-corrected chi connectivity index (χ0v) is 14.6. The van der Waals surface area contributed by atoms with E-state index in [2.05, 4.69) is 15.3 Å². The van der Waals surface area contributed by atoms with Gasteiger partial charge in [0.05, 0.1) is 5.25 Å². The molecule has 2 aromatic rings. The lowest BCUT2D eigenvalue weighted by molar-refractivity contribution is -0.119. The molecular formula is C15H18N4O2S2. The third kappa shape index (κ3) is 3.32. The average molecular weight is 350 g/mol. The number of nitrogens with one attached hydrogen (secondary N) is 1. The van der Waals surface area contributed by atoms with Gasteiger partial charge in [-0.1, -0.05) is 11.8 Å². The molecule has 1 aliphatic carbocycles. The average Bonchev–Trinajstić information content (AvgIpc) is 2.84. The molecule has 0 aromatic carbocycles. The Morgan fingerprint density at radius 2 is 2.04 bits per heavy atom. The monoisotopic (exact) mass is 350 g/mol. The fraction of sp³-hybridized carbons (Fsp3) is 0.467. The molecule has 0 aliphatic heterocycles. The molecule has 3 amide bonds. The summed E-state index contributed by atoms with van der Waals surface area (Å²) in [7, 11) is 0. The van der Waals surface area contributed by atoms with Gasteiger partial charge >= 0.3 is 6.03 Å². The van der Waals surface area contributed by atoms with Gasteiger partial charge in [0, 0.05) is 10.3 Å². The van der Waals surface area contributed by atoms with Crippen LogP contribution in [0.2, 0.25) is 0 Å². The summed E-state index contributed by atoms with van der Waals surface area (Å²) in [6.07, 6.45) is 4.52. The Hall–Kier alpha value is -1.67. The molecule has 8 heteroatoms. The lowest BCUT2D eigenvalue weighted by Crippen LogP contribution is -2.39. The summed E-state index contributed by atoms with van der Waals surface area (Å²) < 4.78 is 0. The molecule has 3 rings (SSSR count). The van der Waals surface area contributed by atoms with Gasteiger partial charge in [-0.2, -0.15) is 0 Å². The number of thioether (sulfide) groups is 1. The molecule has 2 aromatic heterocycles. The number of fused-ring (bicyclic) bond motifs is 3. The number of carbonyl (C=O) groups is 2. The Bertz CT molecular complexity index is 787. The number of imide groups is 1. The topological polar surface area (TPSA) is 98.0 Å². The summed E-state index contributed by atoms with van der Waals surface area (Å²) in [5.41, 5.74) is 6.34. The highest BCUT2D eigenvalue weighted by molar-refractivity contribution is 8.00. The summed E-state index contributed by atoms with van der Waals surface area (Å²) in [5.74, 6) is 0.289. The van der Waals surface area contributed by atoms with Crippen LogP contribution in [0.25, 0.3) is 10.2 Å². The normalized spacial score (nSPS) is 15.2. The summed E-state index contributed by atoms with van der Waals surface area (Å²) >= 11 is 3.09. The number of nitrogens with zero attached hydrogens (tertiary/aromatic N) is 2. The molecular weight excluding hydrogens is 332 g/mol. The van der Waals surface area contributed by atoms with Gasteiger partial charge in [0.1, 0.15) is 15.7 Å². The summed E-state index contributed by atoms with van der Waals surface area (Å²) in [6, 6.07) is -0.834. The van der Waals surface area contributed by atoms with Gasteiger partial charge in [0.25, 0.3) is 0 Å². The molecule has 6 nitrogen and oxygen atoms in total. The zero-order chi connectivity index (χ0) is 16.6. The first kappa shape index (κ1) is 16.2. The van der Waals surface area contributed by atoms with Crippen molar-refractivity contribution >= 4 is 45.3 Å². The molecule has 2 heterocycles. The third-order valence-corrected chi connectivity index (χ3v) is 6.07. The van der Waals surface area contributed by atoms with Crippen molar-refractivity contribution in [3.05, 3.63) is 16.3 Å². The predicted molar refractivity (Wildman–Crippen MR) is 91.8 cm³/mol. The van der Waals surface area contributed by atoms with Crippen LogP contribution in [0, 0.1) is 6.92 Å². The summed E-state index contributed by atoms with van der Waals surface area (Å²) in [5, 5.41) is 3.56. The van der Waals surface area contributed by atoms with Crippen LogP contribution < -0.4 is 11.1 Å². The highest BCUT2D eigenvalue weighted by Crippen LogP contribution is 2.40.